The average Bonchev–Trinajstić information content (AvgIpc) is 2.94. The predicted molar refractivity (Wildman–Crippen MR) is 79.6 cm³/mol. The van der Waals surface area contributed by atoms with Gasteiger partial charge in [-0.05, 0) is 24.2 Å². The summed E-state index contributed by atoms with van der Waals surface area (Å²) in [5, 5.41) is 2.29. The molecule has 2 aliphatic rings. The van der Waals surface area contributed by atoms with E-state index in [-0.39, 0.29) is 6.04 Å². The first-order valence-electron chi connectivity index (χ1n) is 7.41. The van der Waals surface area contributed by atoms with E-state index in [1.165, 1.54) is 11.1 Å². The molecule has 1 fully saturated rings. The van der Waals surface area contributed by atoms with Crippen LogP contribution >= 0.6 is 0 Å². The van der Waals surface area contributed by atoms with Gasteiger partial charge in [0.15, 0.2) is 0 Å². The number of ether oxygens (including phenoxy) is 1. The Morgan fingerprint density at radius 1 is 1.30 bits per heavy atom. The third-order valence-electron chi connectivity index (χ3n) is 4.19. The first kappa shape index (κ1) is 13.8. The molecular weight excluding hydrogens is 252 g/mol. The molecule has 0 amide bonds. The van der Waals surface area contributed by atoms with Crippen LogP contribution in [0.3, 0.4) is 0 Å². The second-order valence-electron chi connectivity index (χ2n) is 5.67. The first-order chi connectivity index (χ1) is 9.76. The molecule has 0 bridgehead atoms. The number of fused-ring (bicyclic) bond motifs is 1. The van der Waals surface area contributed by atoms with Gasteiger partial charge in [-0.15, -0.1) is 0 Å². The van der Waals surface area contributed by atoms with Gasteiger partial charge in [0.2, 0.25) is 0 Å². The van der Waals surface area contributed by atoms with E-state index in [2.05, 4.69) is 40.6 Å². The Kier molecular flexibility index (Phi) is 4.21. The van der Waals surface area contributed by atoms with E-state index < -0.39 is 0 Å². The van der Waals surface area contributed by atoms with E-state index in [1.54, 1.807) is 0 Å². The monoisotopic (exact) mass is 276 g/mol. The lowest BCUT2D eigenvalue weighted by Crippen LogP contribution is -2.52. The lowest BCUT2D eigenvalue weighted by Gasteiger charge is -2.35. The zero-order chi connectivity index (χ0) is 13.9. The van der Waals surface area contributed by atoms with Gasteiger partial charge < -0.3 is 15.4 Å². The number of rotatable bonds is 4. The van der Waals surface area contributed by atoms with Gasteiger partial charge in [0.25, 0.3) is 0 Å². The van der Waals surface area contributed by atoms with Gasteiger partial charge in [0.05, 0.1) is 12.6 Å². The largest absolute Gasteiger partial charge is 0.493 e. The highest BCUT2D eigenvalue weighted by Gasteiger charge is 2.20. The fourth-order valence-electron chi connectivity index (χ4n) is 2.84. The number of hydrogen-bond acceptors (Lipinski definition) is 5. The maximum atomic E-state index is 5.96. The van der Waals surface area contributed by atoms with Crippen molar-refractivity contribution in [1.82, 2.24) is 15.3 Å². The van der Waals surface area contributed by atoms with Gasteiger partial charge in [0, 0.05) is 39.1 Å². The third kappa shape index (κ3) is 2.96. The Labute approximate surface area is 120 Å². The summed E-state index contributed by atoms with van der Waals surface area (Å²) < 4.78 is 5.56. The molecule has 1 aromatic carbocycles. The second kappa shape index (κ2) is 6.10. The molecule has 3 rings (SSSR count). The summed E-state index contributed by atoms with van der Waals surface area (Å²) in [6.07, 6.45) is 1.01. The number of hydrazine groups is 1. The van der Waals surface area contributed by atoms with Gasteiger partial charge in [0.1, 0.15) is 5.75 Å². The quantitative estimate of drug-likeness (QED) is 0.832. The number of nitrogens with zero attached hydrogens (tertiary/aromatic N) is 2. The molecule has 3 N–H and O–H groups in total. The van der Waals surface area contributed by atoms with Crippen LogP contribution in [-0.2, 0) is 6.42 Å². The topological polar surface area (TPSA) is 53.8 Å². The number of nitrogens with two attached hydrogens (primary N) is 1. The van der Waals surface area contributed by atoms with Gasteiger partial charge in [-0.3, -0.25) is 0 Å². The van der Waals surface area contributed by atoms with E-state index in [9.17, 15) is 0 Å². The van der Waals surface area contributed by atoms with Crippen LogP contribution in [0, 0.1) is 0 Å². The Balaban J connectivity index is 1.67. The molecule has 110 valence electrons. The molecule has 1 unspecified atom stereocenters. The summed E-state index contributed by atoms with van der Waals surface area (Å²) in [6, 6.07) is 6.63. The summed E-state index contributed by atoms with van der Waals surface area (Å²) in [5.41, 5.74) is 12.1. The standard InChI is InChI=1S/C15H24N4O/c1-18-5-7-19(8-6-18)17-14(11-16)12-2-3-15-13(10-12)4-9-20-15/h2-3,10,14,17H,4-9,11,16H2,1H3. The van der Waals surface area contributed by atoms with Crippen LogP contribution in [-0.4, -0.2) is 56.3 Å². The highest BCUT2D eigenvalue weighted by molar-refractivity contribution is 5.40. The van der Waals surface area contributed by atoms with Gasteiger partial charge in [-0.2, -0.15) is 0 Å². The van der Waals surface area contributed by atoms with Gasteiger partial charge in [-0.25, -0.2) is 10.4 Å². The maximum absolute atomic E-state index is 5.96. The third-order valence-corrected chi connectivity index (χ3v) is 4.19. The van der Waals surface area contributed by atoms with Crippen LogP contribution in [0.15, 0.2) is 18.2 Å². The molecule has 0 spiro atoms. The van der Waals surface area contributed by atoms with Crippen LogP contribution in [0.4, 0.5) is 0 Å². The molecule has 0 saturated carbocycles. The zero-order valence-electron chi connectivity index (χ0n) is 12.1. The van der Waals surface area contributed by atoms with E-state index in [0.717, 1.165) is 45.0 Å². The Morgan fingerprint density at radius 2 is 2.10 bits per heavy atom. The Morgan fingerprint density at radius 3 is 2.85 bits per heavy atom. The minimum atomic E-state index is 0.185. The number of hydrogen-bond donors (Lipinski definition) is 2. The molecule has 0 aromatic heterocycles. The maximum Gasteiger partial charge on any atom is 0.122 e. The van der Waals surface area contributed by atoms with Crippen LogP contribution in [0.5, 0.6) is 5.75 Å². The van der Waals surface area contributed by atoms with Crippen molar-refractivity contribution in [1.29, 1.82) is 0 Å². The Bertz CT molecular complexity index is 457. The molecule has 2 heterocycles. The number of likely N-dealkylation sites (N-methyl/N-ethyl adjacent to an activating group) is 1. The zero-order valence-corrected chi connectivity index (χ0v) is 12.1. The van der Waals surface area contributed by atoms with Crippen LogP contribution in [0.2, 0.25) is 0 Å². The second-order valence-corrected chi connectivity index (χ2v) is 5.67. The molecule has 0 radical (unpaired) electrons. The summed E-state index contributed by atoms with van der Waals surface area (Å²) in [5.74, 6) is 1.03. The molecule has 0 aliphatic carbocycles. The normalized spacial score (nSPS) is 21.5. The van der Waals surface area contributed by atoms with E-state index in [1.807, 2.05) is 0 Å². The molecule has 5 heteroatoms. The van der Waals surface area contributed by atoms with Crippen LogP contribution in [0.1, 0.15) is 17.2 Å². The minimum Gasteiger partial charge on any atom is -0.493 e. The average molecular weight is 276 g/mol. The highest BCUT2D eigenvalue weighted by atomic mass is 16.5. The lowest BCUT2D eigenvalue weighted by atomic mass is 10.0. The summed E-state index contributed by atoms with van der Waals surface area (Å²) in [6.45, 7) is 5.69. The van der Waals surface area contributed by atoms with E-state index >= 15 is 0 Å². The smallest absolute Gasteiger partial charge is 0.122 e. The SMILES string of the molecule is CN1CCN(NC(CN)c2ccc3c(c2)CCO3)CC1. The van der Waals surface area contributed by atoms with Crippen molar-refractivity contribution in [3.63, 3.8) is 0 Å². The molecule has 1 saturated heterocycles. The molecule has 2 aliphatic heterocycles. The molecule has 5 nitrogen and oxygen atoms in total. The van der Waals surface area contributed by atoms with Crippen molar-refractivity contribution in [2.45, 2.75) is 12.5 Å². The molecule has 20 heavy (non-hydrogen) atoms. The number of benzene rings is 1. The highest BCUT2D eigenvalue weighted by Crippen LogP contribution is 2.28. The van der Waals surface area contributed by atoms with Gasteiger partial charge in [-0.1, -0.05) is 12.1 Å². The minimum absolute atomic E-state index is 0.185. The lowest BCUT2D eigenvalue weighted by molar-refractivity contribution is 0.0880. The van der Waals surface area contributed by atoms with Crippen LogP contribution < -0.4 is 15.9 Å². The van der Waals surface area contributed by atoms with E-state index in [4.69, 9.17) is 10.5 Å². The molecular formula is C15H24N4O. The Hall–Kier alpha value is -1.14. The van der Waals surface area contributed by atoms with Crippen molar-refractivity contribution in [2.75, 3.05) is 46.4 Å². The summed E-state index contributed by atoms with van der Waals surface area (Å²) in [7, 11) is 2.16. The van der Waals surface area contributed by atoms with Crippen molar-refractivity contribution in [3.05, 3.63) is 29.3 Å². The fraction of sp³-hybridized carbons (Fsp3) is 0.600. The van der Waals surface area contributed by atoms with Gasteiger partial charge >= 0.3 is 0 Å². The first-order valence-corrected chi connectivity index (χ1v) is 7.41. The fourth-order valence-corrected chi connectivity index (χ4v) is 2.84. The van der Waals surface area contributed by atoms with Crippen molar-refractivity contribution >= 4 is 0 Å². The van der Waals surface area contributed by atoms with Crippen molar-refractivity contribution in [2.24, 2.45) is 5.73 Å². The van der Waals surface area contributed by atoms with E-state index in [0.29, 0.717) is 6.54 Å². The van der Waals surface area contributed by atoms with Crippen LogP contribution in [0.25, 0.3) is 0 Å². The van der Waals surface area contributed by atoms with Crippen molar-refractivity contribution < 1.29 is 4.74 Å². The molecule has 1 atom stereocenters. The predicted octanol–water partition coefficient (Wildman–Crippen LogP) is 0.373. The summed E-state index contributed by atoms with van der Waals surface area (Å²) in [4.78, 5) is 2.35. The number of piperazine rings is 1. The van der Waals surface area contributed by atoms with Crippen molar-refractivity contribution in [3.8, 4) is 5.75 Å². The molecule has 1 aromatic rings. The summed E-state index contributed by atoms with van der Waals surface area (Å²) >= 11 is 0. The number of nitrogens with one attached hydrogen (secondary N) is 1.